The van der Waals surface area contributed by atoms with Crippen molar-refractivity contribution in [2.75, 3.05) is 4.31 Å². The van der Waals surface area contributed by atoms with Crippen molar-refractivity contribution in [2.24, 2.45) is 0 Å². The van der Waals surface area contributed by atoms with Crippen molar-refractivity contribution >= 4 is 65.9 Å². The van der Waals surface area contributed by atoms with Crippen molar-refractivity contribution in [3.8, 4) is 0 Å². The third-order valence-corrected chi connectivity index (χ3v) is 7.81. The highest BCUT2D eigenvalue weighted by Gasteiger charge is 2.33. The number of rotatable bonds is 5. The van der Waals surface area contributed by atoms with Crippen LogP contribution in [0.5, 0.6) is 0 Å². The van der Waals surface area contributed by atoms with Gasteiger partial charge in [0.25, 0.3) is 10.0 Å². The molecule has 0 saturated carbocycles. The Labute approximate surface area is 198 Å². The van der Waals surface area contributed by atoms with Crippen LogP contribution in [-0.4, -0.2) is 18.4 Å². The molecule has 0 N–H and O–H groups in total. The predicted molar refractivity (Wildman–Crippen MR) is 128 cm³/mol. The first-order valence-electron chi connectivity index (χ1n) is 9.24. The number of anilines is 1. The largest absolute Gasteiger partial charge is 0.267 e. The van der Waals surface area contributed by atoms with Gasteiger partial charge >= 0.3 is 0 Å². The third kappa shape index (κ3) is 4.28. The Morgan fingerprint density at radius 1 is 0.968 bits per heavy atom. The van der Waals surface area contributed by atoms with E-state index < -0.39 is 16.1 Å². The van der Waals surface area contributed by atoms with Crippen LogP contribution in [0, 0.1) is 0 Å². The van der Waals surface area contributed by atoms with Gasteiger partial charge in [0.05, 0.1) is 17.2 Å². The standard InChI is InChI=1S/C22H16BrCl2N3O2S/c1-14(18-9-8-16(24)13-19(18)25)28(17-5-2-4-15(23)12-17)31(29,30)21-7-3-6-20-22(21)27-11-10-26-20/h2-14H,1H3/t14-/m0/s1. The summed E-state index contributed by atoms with van der Waals surface area (Å²) in [6.07, 6.45) is 3.01. The number of aromatic nitrogens is 2. The molecule has 0 bridgehead atoms. The third-order valence-electron chi connectivity index (χ3n) is 4.83. The lowest BCUT2D eigenvalue weighted by molar-refractivity contribution is 0.583. The highest BCUT2D eigenvalue weighted by molar-refractivity contribution is 9.10. The SMILES string of the molecule is C[C@@H](c1ccc(Cl)cc1Cl)N(c1cccc(Br)c1)S(=O)(=O)c1cccc2nccnc12. The molecule has 158 valence electrons. The molecular weight excluding hydrogens is 521 g/mol. The Kier molecular flexibility index (Phi) is 6.21. The minimum atomic E-state index is -4.05. The van der Waals surface area contributed by atoms with Gasteiger partial charge in [-0.15, -0.1) is 0 Å². The summed E-state index contributed by atoms with van der Waals surface area (Å²) in [5, 5.41) is 0.857. The van der Waals surface area contributed by atoms with E-state index in [1.165, 1.54) is 22.8 Å². The molecule has 0 amide bonds. The number of hydrogen-bond acceptors (Lipinski definition) is 4. The molecule has 4 aromatic rings. The minimum absolute atomic E-state index is 0.0648. The van der Waals surface area contributed by atoms with Crippen molar-refractivity contribution in [3.05, 3.63) is 93.1 Å². The van der Waals surface area contributed by atoms with Gasteiger partial charge in [0.15, 0.2) is 0 Å². The zero-order valence-electron chi connectivity index (χ0n) is 16.2. The summed E-state index contributed by atoms with van der Waals surface area (Å²) < 4.78 is 30.1. The van der Waals surface area contributed by atoms with Crippen LogP contribution in [0.4, 0.5) is 5.69 Å². The second kappa shape index (κ2) is 8.74. The first kappa shape index (κ1) is 22.0. The van der Waals surface area contributed by atoms with Crippen LogP contribution in [0.15, 0.2) is 82.4 Å². The molecule has 5 nitrogen and oxygen atoms in total. The Balaban J connectivity index is 1.96. The molecule has 3 aromatic carbocycles. The maximum absolute atomic E-state index is 14.0. The summed E-state index contributed by atoms with van der Waals surface area (Å²) >= 11 is 15.9. The zero-order valence-corrected chi connectivity index (χ0v) is 20.1. The van der Waals surface area contributed by atoms with E-state index >= 15 is 0 Å². The Morgan fingerprint density at radius 3 is 2.45 bits per heavy atom. The fourth-order valence-electron chi connectivity index (χ4n) is 3.43. The van der Waals surface area contributed by atoms with Crippen LogP contribution >= 0.6 is 39.1 Å². The average molecular weight is 537 g/mol. The molecule has 31 heavy (non-hydrogen) atoms. The summed E-state index contributed by atoms with van der Waals surface area (Å²) in [5.74, 6) is 0. The van der Waals surface area contributed by atoms with Gasteiger partial charge in [0, 0.05) is 26.9 Å². The van der Waals surface area contributed by atoms with E-state index in [9.17, 15) is 8.42 Å². The summed E-state index contributed by atoms with van der Waals surface area (Å²) in [4.78, 5) is 8.59. The van der Waals surface area contributed by atoms with E-state index in [-0.39, 0.29) is 4.90 Å². The molecule has 0 radical (unpaired) electrons. The van der Waals surface area contributed by atoms with Crippen molar-refractivity contribution < 1.29 is 8.42 Å². The van der Waals surface area contributed by atoms with Gasteiger partial charge in [-0.1, -0.05) is 57.3 Å². The second-order valence-corrected chi connectivity index (χ2v) is 10.3. The Bertz CT molecular complexity index is 1380. The Hall–Kier alpha value is -2.19. The quantitative estimate of drug-likeness (QED) is 0.286. The first-order chi connectivity index (χ1) is 14.8. The summed E-state index contributed by atoms with van der Waals surface area (Å²) in [5.41, 5.74) is 1.91. The van der Waals surface area contributed by atoms with Gasteiger partial charge in [0.1, 0.15) is 10.4 Å². The molecule has 0 aliphatic heterocycles. The maximum atomic E-state index is 14.0. The fourth-order valence-corrected chi connectivity index (χ4v) is 6.17. The van der Waals surface area contributed by atoms with E-state index in [2.05, 4.69) is 25.9 Å². The lowest BCUT2D eigenvalue weighted by Gasteiger charge is -2.31. The van der Waals surface area contributed by atoms with E-state index in [0.717, 1.165) is 4.47 Å². The molecule has 0 spiro atoms. The molecule has 0 aliphatic carbocycles. The number of para-hydroxylation sites is 1. The molecule has 0 aliphatic rings. The molecular formula is C22H16BrCl2N3O2S. The van der Waals surface area contributed by atoms with Gasteiger partial charge in [-0.05, 0) is 55.0 Å². The van der Waals surface area contributed by atoms with E-state index in [1.54, 1.807) is 55.5 Å². The predicted octanol–water partition coefficient (Wildman–Crippen LogP) is 6.66. The smallest absolute Gasteiger partial charge is 0.259 e. The average Bonchev–Trinajstić information content (AvgIpc) is 2.73. The van der Waals surface area contributed by atoms with Gasteiger partial charge in [-0.2, -0.15) is 0 Å². The zero-order chi connectivity index (χ0) is 22.2. The van der Waals surface area contributed by atoms with Crippen molar-refractivity contribution in [3.63, 3.8) is 0 Å². The second-order valence-electron chi connectivity index (χ2n) is 6.80. The summed E-state index contributed by atoms with van der Waals surface area (Å²) in [6.45, 7) is 1.78. The monoisotopic (exact) mass is 535 g/mol. The molecule has 0 saturated heterocycles. The van der Waals surface area contributed by atoms with Crippen LogP contribution in [0.1, 0.15) is 18.5 Å². The van der Waals surface area contributed by atoms with Crippen molar-refractivity contribution in [2.45, 2.75) is 17.9 Å². The molecule has 9 heteroatoms. The minimum Gasteiger partial charge on any atom is -0.259 e. The van der Waals surface area contributed by atoms with Crippen LogP contribution in [-0.2, 0) is 10.0 Å². The molecule has 1 atom stereocenters. The highest BCUT2D eigenvalue weighted by atomic mass is 79.9. The van der Waals surface area contributed by atoms with Crippen LogP contribution in [0.25, 0.3) is 11.0 Å². The molecule has 1 heterocycles. The number of nitrogens with zero attached hydrogens (tertiary/aromatic N) is 3. The molecule has 0 fully saturated rings. The van der Waals surface area contributed by atoms with Crippen LogP contribution < -0.4 is 4.31 Å². The first-order valence-corrected chi connectivity index (χ1v) is 12.2. The normalized spacial score (nSPS) is 12.6. The van der Waals surface area contributed by atoms with Crippen LogP contribution in [0.2, 0.25) is 10.0 Å². The van der Waals surface area contributed by atoms with E-state index in [1.807, 2.05) is 6.07 Å². The van der Waals surface area contributed by atoms with E-state index in [4.69, 9.17) is 23.2 Å². The lowest BCUT2D eigenvalue weighted by atomic mass is 10.1. The van der Waals surface area contributed by atoms with Gasteiger partial charge < -0.3 is 0 Å². The van der Waals surface area contributed by atoms with Gasteiger partial charge in [-0.25, -0.2) is 8.42 Å². The topological polar surface area (TPSA) is 63.2 Å². The maximum Gasteiger partial charge on any atom is 0.267 e. The number of fused-ring (bicyclic) bond motifs is 1. The number of hydrogen-bond donors (Lipinski definition) is 0. The van der Waals surface area contributed by atoms with E-state index in [0.29, 0.717) is 32.3 Å². The van der Waals surface area contributed by atoms with Crippen molar-refractivity contribution in [1.29, 1.82) is 0 Å². The number of halogens is 3. The molecule has 0 unspecified atom stereocenters. The van der Waals surface area contributed by atoms with Crippen molar-refractivity contribution in [1.82, 2.24) is 9.97 Å². The van der Waals surface area contributed by atoms with Gasteiger partial charge in [0.2, 0.25) is 0 Å². The summed E-state index contributed by atoms with van der Waals surface area (Å²) in [7, 11) is -4.05. The fraction of sp³-hybridized carbons (Fsp3) is 0.0909. The van der Waals surface area contributed by atoms with Crippen LogP contribution in [0.3, 0.4) is 0 Å². The number of benzene rings is 3. The highest BCUT2D eigenvalue weighted by Crippen LogP contribution is 2.38. The number of sulfonamides is 1. The molecule has 1 aromatic heterocycles. The summed E-state index contributed by atoms with van der Waals surface area (Å²) in [6, 6.07) is 16.4. The molecule has 4 rings (SSSR count). The Morgan fingerprint density at radius 2 is 1.71 bits per heavy atom. The lowest BCUT2D eigenvalue weighted by Crippen LogP contribution is -2.34. The van der Waals surface area contributed by atoms with Gasteiger partial charge in [-0.3, -0.25) is 14.3 Å².